The number of aryl methyl sites for hydroxylation is 2. The number of carbonyl (C=O) groups excluding carboxylic acids is 1. The van der Waals surface area contributed by atoms with Gasteiger partial charge in [0.1, 0.15) is 22.7 Å². The Balaban J connectivity index is 1.68. The van der Waals surface area contributed by atoms with E-state index in [9.17, 15) is 18.0 Å². The van der Waals surface area contributed by atoms with E-state index in [1.165, 1.54) is 4.90 Å². The van der Waals surface area contributed by atoms with Gasteiger partial charge in [-0.3, -0.25) is 4.79 Å². The van der Waals surface area contributed by atoms with E-state index in [0.717, 1.165) is 17.5 Å². The predicted molar refractivity (Wildman–Crippen MR) is 120 cm³/mol. The van der Waals surface area contributed by atoms with Crippen molar-refractivity contribution >= 4 is 26.7 Å². The van der Waals surface area contributed by atoms with Gasteiger partial charge in [0.2, 0.25) is 0 Å². The number of ether oxygens (including phenoxy) is 2. The molecule has 1 fully saturated rings. The number of hydrogen-bond donors (Lipinski definition) is 0. The predicted octanol–water partition coefficient (Wildman–Crippen LogP) is 2.54. The Hall–Kier alpha value is -2.55. The molecule has 1 amide bonds. The molecular weight excluding hydrogens is 434 g/mol. The van der Waals surface area contributed by atoms with Crippen LogP contribution in [0.4, 0.5) is 0 Å². The highest BCUT2D eigenvalue weighted by molar-refractivity contribution is 7.91. The molecule has 0 aliphatic carbocycles. The van der Waals surface area contributed by atoms with Crippen molar-refractivity contribution in [1.82, 2.24) is 4.90 Å². The third kappa shape index (κ3) is 4.10. The van der Waals surface area contributed by atoms with Crippen molar-refractivity contribution < 1.29 is 27.1 Å². The van der Waals surface area contributed by atoms with Gasteiger partial charge in [0.25, 0.3) is 5.91 Å². The third-order valence-electron chi connectivity index (χ3n) is 6.61. The van der Waals surface area contributed by atoms with E-state index < -0.39 is 15.5 Å². The second-order valence-electron chi connectivity index (χ2n) is 9.41. The van der Waals surface area contributed by atoms with E-state index in [0.29, 0.717) is 40.9 Å². The van der Waals surface area contributed by atoms with E-state index in [4.69, 9.17) is 13.9 Å². The number of hydrogen-bond acceptors (Lipinski definition) is 7. The van der Waals surface area contributed by atoms with Crippen molar-refractivity contribution in [3.63, 3.8) is 0 Å². The lowest BCUT2D eigenvalue weighted by Crippen LogP contribution is -2.40. The van der Waals surface area contributed by atoms with E-state index >= 15 is 0 Å². The monoisotopic (exact) mass is 463 g/mol. The van der Waals surface area contributed by atoms with Crippen molar-refractivity contribution in [1.29, 1.82) is 0 Å². The van der Waals surface area contributed by atoms with Gasteiger partial charge in [0.05, 0.1) is 16.9 Å². The summed E-state index contributed by atoms with van der Waals surface area (Å²) in [6, 6.07) is 1.42. The molecule has 2 aromatic rings. The highest BCUT2D eigenvalue weighted by atomic mass is 32.2. The smallest absolute Gasteiger partial charge is 0.339 e. The Morgan fingerprint density at radius 2 is 2.00 bits per heavy atom. The molecule has 1 saturated heterocycles. The average Bonchev–Trinajstić information content (AvgIpc) is 3.08. The molecule has 2 aliphatic rings. The lowest BCUT2D eigenvalue weighted by atomic mass is 9.92. The third-order valence-corrected chi connectivity index (χ3v) is 8.36. The minimum atomic E-state index is -3.10. The van der Waals surface area contributed by atoms with E-state index in [1.54, 1.807) is 20.0 Å². The number of sulfone groups is 1. The van der Waals surface area contributed by atoms with Crippen molar-refractivity contribution in [3.8, 4) is 11.5 Å². The second kappa shape index (κ2) is 7.79. The summed E-state index contributed by atoms with van der Waals surface area (Å²) in [5.41, 5.74) is 1.70. The summed E-state index contributed by atoms with van der Waals surface area (Å²) in [6.07, 6.45) is 1.90. The fraction of sp³-hybridized carbons (Fsp3) is 0.565. The maximum absolute atomic E-state index is 12.7. The van der Waals surface area contributed by atoms with Gasteiger partial charge in [-0.15, -0.1) is 0 Å². The van der Waals surface area contributed by atoms with Crippen molar-refractivity contribution in [2.45, 2.75) is 58.6 Å². The van der Waals surface area contributed by atoms with Crippen molar-refractivity contribution in [3.05, 3.63) is 33.2 Å². The van der Waals surface area contributed by atoms with Crippen LogP contribution in [0.1, 0.15) is 43.4 Å². The molecule has 0 bridgehead atoms. The first-order valence-electron chi connectivity index (χ1n) is 10.8. The summed E-state index contributed by atoms with van der Waals surface area (Å²) in [5.74, 6) is 0.741. The van der Waals surface area contributed by atoms with E-state index in [2.05, 4.69) is 0 Å². The molecule has 0 radical (unpaired) electrons. The molecule has 1 aromatic heterocycles. The first kappa shape index (κ1) is 22.6. The van der Waals surface area contributed by atoms with Crippen LogP contribution in [-0.2, 0) is 21.1 Å². The normalized spacial score (nSPS) is 21.1. The SMILES string of the molecule is Cc1c(C)c2c(OCC(=O)N(C)[C@H]3CCS(=O)(=O)C3)cc3c(c2oc1=O)CCC(C)(C)O3. The lowest BCUT2D eigenvalue weighted by molar-refractivity contribution is -0.133. The van der Waals surface area contributed by atoms with Gasteiger partial charge in [-0.2, -0.15) is 0 Å². The zero-order valence-electron chi connectivity index (χ0n) is 19.1. The van der Waals surface area contributed by atoms with Crippen LogP contribution in [0, 0.1) is 13.8 Å². The zero-order valence-corrected chi connectivity index (χ0v) is 19.9. The minimum absolute atomic E-state index is 0.0244. The molecule has 0 unspecified atom stereocenters. The first-order chi connectivity index (χ1) is 14.9. The Morgan fingerprint density at radius 3 is 2.66 bits per heavy atom. The molecular formula is C23H29NO7S. The van der Waals surface area contributed by atoms with Crippen LogP contribution in [0.25, 0.3) is 11.0 Å². The van der Waals surface area contributed by atoms with Crippen LogP contribution in [0.15, 0.2) is 15.3 Å². The topological polar surface area (TPSA) is 103 Å². The maximum atomic E-state index is 12.7. The summed E-state index contributed by atoms with van der Waals surface area (Å²) < 4.78 is 41.3. The van der Waals surface area contributed by atoms with Crippen molar-refractivity contribution in [2.75, 3.05) is 25.2 Å². The van der Waals surface area contributed by atoms with Crippen molar-refractivity contribution in [2.24, 2.45) is 0 Å². The largest absolute Gasteiger partial charge is 0.487 e. The number of nitrogens with zero attached hydrogens (tertiary/aromatic N) is 1. The lowest BCUT2D eigenvalue weighted by Gasteiger charge is -2.33. The molecule has 0 N–H and O–H groups in total. The number of carbonyl (C=O) groups is 1. The number of likely N-dealkylation sites (N-methyl/N-ethyl adjacent to an activating group) is 1. The number of fused-ring (bicyclic) bond motifs is 3. The highest BCUT2D eigenvalue weighted by Crippen LogP contribution is 2.43. The molecule has 1 aromatic carbocycles. The molecule has 8 nitrogen and oxygen atoms in total. The molecule has 4 rings (SSSR count). The first-order valence-corrected chi connectivity index (χ1v) is 12.6. The van der Waals surface area contributed by atoms with Gasteiger partial charge in [0, 0.05) is 30.3 Å². The van der Waals surface area contributed by atoms with Crippen LogP contribution in [-0.4, -0.2) is 56.0 Å². The van der Waals surface area contributed by atoms with Gasteiger partial charge in [0.15, 0.2) is 16.4 Å². The van der Waals surface area contributed by atoms with Gasteiger partial charge in [-0.1, -0.05) is 0 Å². The molecule has 0 spiro atoms. The van der Waals surface area contributed by atoms with Crippen LogP contribution >= 0.6 is 0 Å². The summed E-state index contributed by atoms with van der Waals surface area (Å²) in [4.78, 5) is 26.6. The van der Waals surface area contributed by atoms with Gasteiger partial charge >= 0.3 is 5.63 Å². The Kier molecular flexibility index (Phi) is 5.51. The summed E-state index contributed by atoms with van der Waals surface area (Å²) in [5, 5.41) is 0.656. The molecule has 174 valence electrons. The average molecular weight is 464 g/mol. The molecule has 9 heteroatoms. The Bertz CT molecular complexity index is 1260. The summed E-state index contributed by atoms with van der Waals surface area (Å²) in [6.45, 7) is 7.25. The van der Waals surface area contributed by atoms with E-state index in [-0.39, 0.29) is 35.7 Å². The Morgan fingerprint density at radius 1 is 1.28 bits per heavy atom. The molecule has 2 aliphatic heterocycles. The molecule has 1 atom stereocenters. The molecule has 3 heterocycles. The van der Waals surface area contributed by atoms with Gasteiger partial charge < -0.3 is 18.8 Å². The second-order valence-corrected chi connectivity index (χ2v) is 11.6. The van der Waals surface area contributed by atoms with Gasteiger partial charge in [-0.05, 0) is 52.5 Å². The quantitative estimate of drug-likeness (QED) is 0.642. The van der Waals surface area contributed by atoms with Crippen LogP contribution < -0.4 is 15.1 Å². The van der Waals surface area contributed by atoms with Crippen LogP contribution in [0.2, 0.25) is 0 Å². The zero-order chi connectivity index (χ0) is 23.4. The fourth-order valence-corrected chi connectivity index (χ4v) is 6.15. The fourth-order valence-electron chi connectivity index (χ4n) is 4.37. The summed E-state index contributed by atoms with van der Waals surface area (Å²) in [7, 11) is -1.50. The summed E-state index contributed by atoms with van der Waals surface area (Å²) >= 11 is 0. The molecule has 32 heavy (non-hydrogen) atoms. The highest BCUT2D eigenvalue weighted by Gasteiger charge is 2.34. The maximum Gasteiger partial charge on any atom is 0.339 e. The van der Waals surface area contributed by atoms with Crippen LogP contribution in [0.5, 0.6) is 11.5 Å². The number of amides is 1. The number of rotatable bonds is 4. The standard InChI is InChI=1S/C23H29NO7S/c1-13-14(2)22(26)30-21-16-6-8-23(3,4)31-17(16)10-18(20(13)21)29-11-19(25)24(5)15-7-9-32(27,28)12-15/h10,15H,6-9,11-12H2,1-5H3/t15-/m0/s1. The van der Waals surface area contributed by atoms with Gasteiger partial charge in [-0.25, -0.2) is 13.2 Å². The minimum Gasteiger partial charge on any atom is -0.487 e. The van der Waals surface area contributed by atoms with E-state index in [1.807, 2.05) is 20.8 Å². The Labute approximate surface area is 187 Å². The van der Waals surface area contributed by atoms with Crippen LogP contribution in [0.3, 0.4) is 0 Å². The number of benzene rings is 1. The molecule has 0 saturated carbocycles.